The average molecular weight is 221 g/mol. The fourth-order valence-corrected chi connectivity index (χ4v) is 1.80. The van der Waals surface area contributed by atoms with Crippen LogP contribution >= 0.6 is 0 Å². The van der Waals surface area contributed by atoms with E-state index in [-0.39, 0.29) is 6.04 Å². The van der Waals surface area contributed by atoms with Crippen molar-refractivity contribution in [1.82, 2.24) is 0 Å². The maximum absolute atomic E-state index is 11.0. The van der Waals surface area contributed by atoms with Crippen molar-refractivity contribution in [3.63, 3.8) is 0 Å². The van der Waals surface area contributed by atoms with Crippen LogP contribution in [0, 0.1) is 0 Å². The summed E-state index contributed by atoms with van der Waals surface area (Å²) in [6, 6.07) is 7.30. The largest absolute Gasteiger partial charge is 0.478 e. The third-order valence-electron chi connectivity index (χ3n) is 2.69. The SMILES string of the molecule is CCC[C@@H](N)CCc1ccccc1C(=O)O. The number of carbonyl (C=O) groups is 1. The molecule has 3 N–H and O–H groups in total. The van der Waals surface area contributed by atoms with Crippen LogP contribution in [0.1, 0.15) is 42.1 Å². The average Bonchev–Trinajstić information content (AvgIpc) is 2.27. The second kappa shape index (κ2) is 6.28. The lowest BCUT2D eigenvalue weighted by Gasteiger charge is -2.11. The van der Waals surface area contributed by atoms with E-state index in [1.165, 1.54) is 0 Å². The molecule has 3 heteroatoms. The second-order valence-electron chi connectivity index (χ2n) is 4.05. The molecule has 0 amide bonds. The van der Waals surface area contributed by atoms with Crippen molar-refractivity contribution in [2.75, 3.05) is 0 Å². The lowest BCUT2D eigenvalue weighted by Crippen LogP contribution is -2.20. The van der Waals surface area contributed by atoms with Crippen LogP contribution in [0.25, 0.3) is 0 Å². The molecule has 1 aromatic carbocycles. The molecule has 88 valence electrons. The first-order valence-electron chi connectivity index (χ1n) is 5.72. The number of aryl methyl sites for hydroxylation is 1. The zero-order valence-electron chi connectivity index (χ0n) is 9.65. The summed E-state index contributed by atoms with van der Waals surface area (Å²) in [7, 11) is 0. The van der Waals surface area contributed by atoms with Crippen molar-refractivity contribution in [3.8, 4) is 0 Å². The summed E-state index contributed by atoms with van der Waals surface area (Å²) in [6.45, 7) is 2.10. The van der Waals surface area contributed by atoms with E-state index in [9.17, 15) is 4.79 Å². The van der Waals surface area contributed by atoms with Crippen LogP contribution in [-0.2, 0) is 6.42 Å². The number of nitrogens with two attached hydrogens (primary N) is 1. The van der Waals surface area contributed by atoms with Gasteiger partial charge in [0, 0.05) is 6.04 Å². The van der Waals surface area contributed by atoms with Crippen molar-refractivity contribution in [2.45, 2.75) is 38.6 Å². The van der Waals surface area contributed by atoms with Crippen LogP contribution in [0.4, 0.5) is 0 Å². The minimum Gasteiger partial charge on any atom is -0.478 e. The first-order chi connectivity index (χ1) is 7.65. The summed E-state index contributed by atoms with van der Waals surface area (Å²) >= 11 is 0. The Hall–Kier alpha value is -1.35. The summed E-state index contributed by atoms with van der Waals surface area (Å²) in [5.41, 5.74) is 7.18. The van der Waals surface area contributed by atoms with E-state index in [2.05, 4.69) is 6.92 Å². The van der Waals surface area contributed by atoms with E-state index in [1.54, 1.807) is 12.1 Å². The van der Waals surface area contributed by atoms with E-state index in [1.807, 2.05) is 12.1 Å². The molecule has 0 aliphatic heterocycles. The van der Waals surface area contributed by atoms with E-state index >= 15 is 0 Å². The molecular weight excluding hydrogens is 202 g/mol. The maximum atomic E-state index is 11.0. The highest BCUT2D eigenvalue weighted by Gasteiger charge is 2.10. The zero-order valence-corrected chi connectivity index (χ0v) is 9.65. The van der Waals surface area contributed by atoms with Crippen molar-refractivity contribution in [1.29, 1.82) is 0 Å². The molecule has 1 aromatic rings. The Balaban J connectivity index is 2.63. The number of carboxylic acids is 1. The topological polar surface area (TPSA) is 63.3 Å². The molecule has 0 aliphatic rings. The summed E-state index contributed by atoms with van der Waals surface area (Å²) in [4.78, 5) is 11.0. The molecule has 0 fully saturated rings. The molecule has 0 saturated carbocycles. The molecule has 16 heavy (non-hydrogen) atoms. The highest BCUT2D eigenvalue weighted by Crippen LogP contribution is 2.13. The molecule has 1 rings (SSSR count). The molecule has 0 aliphatic carbocycles. The number of benzene rings is 1. The van der Waals surface area contributed by atoms with Gasteiger partial charge in [-0.3, -0.25) is 0 Å². The molecule has 3 nitrogen and oxygen atoms in total. The molecule has 0 unspecified atom stereocenters. The Bertz CT molecular complexity index is 350. The fourth-order valence-electron chi connectivity index (χ4n) is 1.80. The molecule has 1 atom stereocenters. The van der Waals surface area contributed by atoms with E-state index in [4.69, 9.17) is 10.8 Å². The van der Waals surface area contributed by atoms with E-state index in [0.717, 1.165) is 31.2 Å². The summed E-state index contributed by atoms with van der Waals surface area (Å²) in [5.74, 6) is -0.861. The Morgan fingerprint density at radius 2 is 2.06 bits per heavy atom. The van der Waals surface area contributed by atoms with Crippen LogP contribution in [0.5, 0.6) is 0 Å². The second-order valence-corrected chi connectivity index (χ2v) is 4.05. The third kappa shape index (κ3) is 3.66. The van der Waals surface area contributed by atoms with Crippen LogP contribution < -0.4 is 5.73 Å². The van der Waals surface area contributed by atoms with Crippen molar-refractivity contribution in [2.24, 2.45) is 5.73 Å². The quantitative estimate of drug-likeness (QED) is 0.775. The lowest BCUT2D eigenvalue weighted by molar-refractivity contribution is 0.0695. The number of carboxylic acid groups (broad SMARTS) is 1. The van der Waals surface area contributed by atoms with Crippen molar-refractivity contribution in [3.05, 3.63) is 35.4 Å². The van der Waals surface area contributed by atoms with Gasteiger partial charge in [0.15, 0.2) is 0 Å². The monoisotopic (exact) mass is 221 g/mol. The van der Waals surface area contributed by atoms with Crippen LogP contribution in [0.3, 0.4) is 0 Å². The van der Waals surface area contributed by atoms with Gasteiger partial charge >= 0.3 is 5.97 Å². The molecule has 0 aromatic heterocycles. The highest BCUT2D eigenvalue weighted by atomic mass is 16.4. The van der Waals surface area contributed by atoms with Gasteiger partial charge in [0.2, 0.25) is 0 Å². The van der Waals surface area contributed by atoms with Gasteiger partial charge in [0.1, 0.15) is 0 Å². The van der Waals surface area contributed by atoms with Crippen LogP contribution in [-0.4, -0.2) is 17.1 Å². The van der Waals surface area contributed by atoms with Gasteiger partial charge in [0.05, 0.1) is 5.56 Å². The molecule has 0 heterocycles. The molecule has 0 saturated heterocycles. The molecular formula is C13H19NO2. The molecule has 0 bridgehead atoms. The normalized spacial score (nSPS) is 12.4. The van der Waals surface area contributed by atoms with Crippen LogP contribution in [0.15, 0.2) is 24.3 Å². The Kier molecular flexibility index (Phi) is 4.99. The van der Waals surface area contributed by atoms with Gasteiger partial charge in [-0.15, -0.1) is 0 Å². The molecule has 0 spiro atoms. The summed E-state index contributed by atoms with van der Waals surface area (Å²) in [6.07, 6.45) is 3.65. The molecule has 0 radical (unpaired) electrons. The Labute approximate surface area is 96.3 Å². The highest BCUT2D eigenvalue weighted by molar-refractivity contribution is 5.89. The summed E-state index contributed by atoms with van der Waals surface area (Å²) < 4.78 is 0. The minimum absolute atomic E-state index is 0.173. The lowest BCUT2D eigenvalue weighted by atomic mass is 9.99. The van der Waals surface area contributed by atoms with E-state index < -0.39 is 5.97 Å². The first-order valence-corrected chi connectivity index (χ1v) is 5.72. The van der Waals surface area contributed by atoms with Gasteiger partial charge in [-0.25, -0.2) is 4.79 Å². The number of hydrogen-bond donors (Lipinski definition) is 2. The third-order valence-corrected chi connectivity index (χ3v) is 2.69. The minimum atomic E-state index is -0.861. The van der Waals surface area contributed by atoms with Crippen LogP contribution in [0.2, 0.25) is 0 Å². The first kappa shape index (κ1) is 12.7. The zero-order chi connectivity index (χ0) is 12.0. The Morgan fingerprint density at radius 1 is 1.38 bits per heavy atom. The van der Waals surface area contributed by atoms with Gasteiger partial charge in [-0.1, -0.05) is 31.5 Å². The Morgan fingerprint density at radius 3 is 2.69 bits per heavy atom. The van der Waals surface area contributed by atoms with Gasteiger partial charge in [-0.2, -0.15) is 0 Å². The standard InChI is InChI=1S/C13H19NO2/c1-2-5-11(14)9-8-10-6-3-4-7-12(10)13(15)16/h3-4,6-7,11H,2,5,8-9,14H2,1H3,(H,15,16)/t11-/m1/s1. The smallest absolute Gasteiger partial charge is 0.335 e. The van der Waals surface area contributed by atoms with Gasteiger partial charge in [-0.05, 0) is 30.9 Å². The maximum Gasteiger partial charge on any atom is 0.335 e. The fraction of sp³-hybridized carbons (Fsp3) is 0.462. The predicted molar refractivity (Wildman–Crippen MR) is 64.6 cm³/mol. The van der Waals surface area contributed by atoms with E-state index in [0.29, 0.717) is 5.56 Å². The predicted octanol–water partition coefficient (Wildman–Crippen LogP) is 2.44. The van der Waals surface area contributed by atoms with Crippen molar-refractivity contribution >= 4 is 5.97 Å². The summed E-state index contributed by atoms with van der Waals surface area (Å²) in [5, 5.41) is 9.00. The van der Waals surface area contributed by atoms with Crippen molar-refractivity contribution < 1.29 is 9.90 Å². The van der Waals surface area contributed by atoms with Gasteiger partial charge in [0.25, 0.3) is 0 Å². The number of hydrogen-bond acceptors (Lipinski definition) is 2. The number of aromatic carboxylic acids is 1. The van der Waals surface area contributed by atoms with Gasteiger partial charge < -0.3 is 10.8 Å². The number of rotatable bonds is 6.